The summed E-state index contributed by atoms with van der Waals surface area (Å²) >= 11 is 0. The van der Waals surface area contributed by atoms with E-state index in [9.17, 15) is 9.59 Å². The van der Waals surface area contributed by atoms with Crippen LogP contribution in [-0.4, -0.2) is 25.0 Å². The predicted molar refractivity (Wildman–Crippen MR) is 64.9 cm³/mol. The number of carbonyl (C=O) groups excluding carboxylic acids is 2. The van der Waals surface area contributed by atoms with E-state index in [-0.39, 0.29) is 12.5 Å². The van der Waals surface area contributed by atoms with Gasteiger partial charge in [0.2, 0.25) is 0 Å². The molecule has 0 atom stereocenters. The molecule has 17 heavy (non-hydrogen) atoms. The van der Waals surface area contributed by atoms with Crippen molar-refractivity contribution in [3.05, 3.63) is 34.9 Å². The maximum absolute atomic E-state index is 11.8. The number of aryl methyl sites for hydroxylation is 2. The van der Waals surface area contributed by atoms with Crippen LogP contribution in [0.15, 0.2) is 18.2 Å². The molecular weight excluding hydrogens is 218 g/mol. The van der Waals surface area contributed by atoms with Gasteiger partial charge in [0.05, 0.1) is 6.61 Å². The van der Waals surface area contributed by atoms with Gasteiger partial charge >= 0.3 is 5.97 Å². The molecular formula is C13H17NO3. The molecule has 0 radical (unpaired) electrons. The third kappa shape index (κ3) is 3.90. The summed E-state index contributed by atoms with van der Waals surface area (Å²) in [6, 6.07) is 5.55. The van der Waals surface area contributed by atoms with Crippen LogP contribution in [-0.2, 0) is 9.53 Å². The molecule has 0 spiro atoms. The van der Waals surface area contributed by atoms with Crippen molar-refractivity contribution in [2.75, 3.05) is 13.2 Å². The van der Waals surface area contributed by atoms with Crippen LogP contribution in [0.25, 0.3) is 0 Å². The Bertz CT molecular complexity index is 427. The van der Waals surface area contributed by atoms with Crippen molar-refractivity contribution < 1.29 is 14.3 Å². The molecule has 0 aliphatic carbocycles. The van der Waals surface area contributed by atoms with Crippen LogP contribution in [0.1, 0.15) is 28.4 Å². The summed E-state index contributed by atoms with van der Waals surface area (Å²) in [5.74, 6) is -0.679. The Hall–Kier alpha value is -1.84. The van der Waals surface area contributed by atoms with Crippen LogP contribution in [0.2, 0.25) is 0 Å². The highest BCUT2D eigenvalue weighted by atomic mass is 16.5. The van der Waals surface area contributed by atoms with Gasteiger partial charge < -0.3 is 10.1 Å². The second-order valence-corrected chi connectivity index (χ2v) is 3.81. The lowest BCUT2D eigenvalue weighted by atomic mass is 10.1. The molecule has 4 nitrogen and oxygen atoms in total. The van der Waals surface area contributed by atoms with Gasteiger partial charge in [-0.2, -0.15) is 0 Å². The van der Waals surface area contributed by atoms with Crippen LogP contribution < -0.4 is 5.32 Å². The standard InChI is InChI=1S/C13H17NO3/c1-4-17-12(15)8-14-13(16)11-6-5-9(2)7-10(11)3/h5-7H,4,8H2,1-3H3,(H,14,16). The Morgan fingerprint density at radius 2 is 2.00 bits per heavy atom. The summed E-state index contributed by atoms with van der Waals surface area (Å²) in [4.78, 5) is 22.8. The lowest BCUT2D eigenvalue weighted by Gasteiger charge is -2.07. The second-order valence-electron chi connectivity index (χ2n) is 3.81. The summed E-state index contributed by atoms with van der Waals surface area (Å²) < 4.78 is 4.72. The van der Waals surface area contributed by atoms with E-state index in [0.29, 0.717) is 12.2 Å². The van der Waals surface area contributed by atoms with E-state index in [2.05, 4.69) is 5.32 Å². The zero-order valence-electron chi connectivity index (χ0n) is 10.4. The van der Waals surface area contributed by atoms with Crippen molar-refractivity contribution in [1.82, 2.24) is 5.32 Å². The van der Waals surface area contributed by atoms with Gasteiger partial charge in [0.15, 0.2) is 0 Å². The molecule has 1 aromatic rings. The number of rotatable bonds is 4. The molecule has 0 aromatic heterocycles. The van der Waals surface area contributed by atoms with Crippen molar-refractivity contribution in [3.63, 3.8) is 0 Å². The van der Waals surface area contributed by atoms with Crippen LogP contribution in [0.5, 0.6) is 0 Å². The minimum Gasteiger partial charge on any atom is -0.465 e. The highest BCUT2D eigenvalue weighted by Crippen LogP contribution is 2.10. The molecule has 0 fully saturated rings. The molecule has 1 aromatic carbocycles. The van der Waals surface area contributed by atoms with E-state index in [1.165, 1.54) is 0 Å². The normalized spacial score (nSPS) is 9.82. The predicted octanol–water partition coefficient (Wildman–Crippen LogP) is 1.60. The van der Waals surface area contributed by atoms with E-state index in [1.807, 2.05) is 26.0 Å². The molecule has 1 rings (SSSR count). The summed E-state index contributed by atoms with van der Waals surface area (Å²) in [6.07, 6.45) is 0. The van der Waals surface area contributed by atoms with Gasteiger partial charge in [-0.1, -0.05) is 17.7 Å². The molecule has 92 valence electrons. The lowest BCUT2D eigenvalue weighted by molar-refractivity contribution is -0.141. The maximum Gasteiger partial charge on any atom is 0.325 e. The highest BCUT2D eigenvalue weighted by Gasteiger charge is 2.10. The first kappa shape index (κ1) is 13.2. The van der Waals surface area contributed by atoms with E-state index in [4.69, 9.17) is 4.74 Å². The minimum absolute atomic E-state index is 0.0972. The Kier molecular flexibility index (Phi) is 4.69. The third-order valence-electron chi connectivity index (χ3n) is 2.33. The van der Waals surface area contributed by atoms with Crippen molar-refractivity contribution in [2.45, 2.75) is 20.8 Å². The molecule has 1 N–H and O–H groups in total. The molecule has 0 heterocycles. The summed E-state index contributed by atoms with van der Waals surface area (Å²) in [5, 5.41) is 2.53. The molecule has 0 saturated carbocycles. The van der Waals surface area contributed by atoms with Gasteiger partial charge in [0.1, 0.15) is 6.54 Å². The van der Waals surface area contributed by atoms with Gasteiger partial charge in [-0.25, -0.2) is 0 Å². The van der Waals surface area contributed by atoms with Gasteiger partial charge in [-0.15, -0.1) is 0 Å². The first-order chi connectivity index (χ1) is 8.04. The molecule has 0 unspecified atom stereocenters. The number of carbonyl (C=O) groups is 2. The molecule has 0 saturated heterocycles. The smallest absolute Gasteiger partial charge is 0.325 e. The van der Waals surface area contributed by atoms with Crippen molar-refractivity contribution in [1.29, 1.82) is 0 Å². The molecule has 0 bridgehead atoms. The fraction of sp³-hybridized carbons (Fsp3) is 0.385. The van der Waals surface area contributed by atoms with Gasteiger partial charge in [0, 0.05) is 5.56 Å². The number of benzene rings is 1. The van der Waals surface area contributed by atoms with E-state index in [1.54, 1.807) is 13.0 Å². The van der Waals surface area contributed by atoms with E-state index in [0.717, 1.165) is 11.1 Å². The zero-order chi connectivity index (χ0) is 12.8. The number of nitrogens with one attached hydrogen (secondary N) is 1. The number of amides is 1. The fourth-order valence-corrected chi connectivity index (χ4v) is 1.53. The van der Waals surface area contributed by atoms with Gasteiger partial charge in [-0.05, 0) is 32.4 Å². The van der Waals surface area contributed by atoms with Crippen LogP contribution in [0.3, 0.4) is 0 Å². The summed E-state index contributed by atoms with van der Waals surface area (Å²) in [5.41, 5.74) is 2.58. The second kappa shape index (κ2) is 6.03. The molecule has 1 amide bonds. The Balaban J connectivity index is 2.61. The average molecular weight is 235 g/mol. The number of ether oxygens (including phenoxy) is 1. The van der Waals surface area contributed by atoms with Crippen LogP contribution >= 0.6 is 0 Å². The zero-order valence-corrected chi connectivity index (χ0v) is 10.4. The maximum atomic E-state index is 11.8. The molecule has 0 aliphatic heterocycles. The average Bonchev–Trinajstić information content (AvgIpc) is 2.26. The SMILES string of the molecule is CCOC(=O)CNC(=O)c1ccc(C)cc1C. The topological polar surface area (TPSA) is 55.4 Å². The summed E-state index contributed by atoms with van der Waals surface area (Å²) in [7, 11) is 0. The number of esters is 1. The van der Waals surface area contributed by atoms with E-state index < -0.39 is 5.97 Å². The lowest BCUT2D eigenvalue weighted by Crippen LogP contribution is -2.31. The number of hydrogen-bond donors (Lipinski definition) is 1. The first-order valence-electron chi connectivity index (χ1n) is 5.55. The van der Waals surface area contributed by atoms with Crippen molar-refractivity contribution in [2.24, 2.45) is 0 Å². The molecule has 4 heteroatoms. The number of hydrogen-bond acceptors (Lipinski definition) is 3. The first-order valence-corrected chi connectivity index (χ1v) is 5.55. The minimum atomic E-state index is -0.425. The van der Waals surface area contributed by atoms with Crippen molar-refractivity contribution >= 4 is 11.9 Å². The van der Waals surface area contributed by atoms with Gasteiger partial charge in [-0.3, -0.25) is 9.59 Å². The third-order valence-corrected chi connectivity index (χ3v) is 2.33. The molecule has 0 aliphatic rings. The van der Waals surface area contributed by atoms with Crippen LogP contribution in [0.4, 0.5) is 0 Å². The monoisotopic (exact) mass is 235 g/mol. The Labute approximate surface area is 101 Å². The summed E-state index contributed by atoms with van der Waals surface area (Å²) in [6.45, 7) is 5.78. The van der Waals surface area contributed by atoms with Gasteiger partial charge in [0.25, 0.3) is 5.91 Å². The quantitative estimate of drug-likeness (QED) is 0.806. The largest absolute Gasteiger partial charge is 0.465 e. The van der Waals surface area contributed by atoms with Crippen LogP contribution in [0, 0.1) is 13.8 Å². The van der Waals surface area contributed by atoms with E-state index >= 15 is 0 Å². The fourth-order valence-electron chi connectivity index (χ4n) is 1.53. The van der Waals surface area contributed by atoms with Crippen molar-refractivity contribution in [3.8, 4) is 0 Å². The highest BCUT2D eigenvalue weighted by molar-refractivity contribution is 5.97. The Morgan fingerprint density at radius 3 is 2.59 bits per heavy atom. The Morgan fingerprint density at radius 1 is 1.29 bits per heavy atom.